The van der Waals surface area contributed by atoms with E-state index in [0.29, 0.717) is 15.4 Å². The predicted molar refractivity (Wildman–Crippen MR) is 88.5 cm³/mol. The number of halogens is 3. The second-order valence-electron chi connectivity index (χ2n) is 5.81. The van der Waals surface area contributed by atoms with Crippen LogP contribution >= 0.6 is 34.2 Å². The number of hydrogen-bond acceptors (Lipinski definition) is 1. The highest BCUT2D eigenvalue weighted by atomic mass is 127. The molecule has 0 bridgehead atoms. The lowest BCUT2D eigenvalue weighted by Crippen LogP contribution is -2.10. The summed E-state index contributed by atoms with van der Waals surface area (Å²) in [6.07, 6.45) is 3.78. The van der Waals surface area contributed by atoms with Crippen molar-refractivity contribution in [1.82, 2.24) is 9.55 Å². The molecular weight excluding hydrogens is 390 g/mol. The Morgan fingerprint density at radius 3 is 2.90 bits per heavy atom. The summed E-state index contributed by atoms with van der Waals surface area (Å²) in [4.78, 5) is 4.55. The monoisotopic (exact) mass is 406 g/mol. The molecule has 1 aromatic carbocycles. The van der Waals surface area contributed by atoms with Gasteiger partial charge in [0.05, 0.1) is 20.5 Å². The second kappa shape index (κ2) is 5.79. The van der Waals surface area contributed by atoms with E-state index in [9.17, 15) is 4.39 Å². The van der Waals surface area contributed by atoms with E-state index in [4.69, 9.17) is 11.6 Å². The van der Waals surface area contributed by atoms with Gasteiger partial charge in [-0.15, -0.1) is 11.6 Å². The van der Waals surface area contributed by atoms with Crippen LogP contribution in [0, 0.1) is 21.2 Å². The maximum Gasteiger partial charge on any atom is 0.138 e. The van der Waals surface area contributed by atoms with Gasteiger partial charge in [0.25, 0.3) is 0 Å². The van der Waals surface area contributed by atoms with Gasteiger partial charge in [0, 0.05) is 12.6 Å². The molecule has 108 valence electrons. The molecule has 1 heterocycles. The lowest BCUT2D eigenvalue weighted by atomic mass is 10.1. The largest absolute Gasteiger partial charge is 0.327 e. The molecular formula is C15H17ClFIN2. The van der Waals surface area contributed by atoms with Gasteiger partial charge in [-0.2, -0.15) is 0 Å². The van der Waals surface area contributed by atoms with Crippen LogP contribution in [0.4, 0.5) is 4.39 Å². The van der Waals surface area contributed by atoms with Crippen molar-refractivity contribution in [3.8, 4) is 0 Å². The SMILES string of the molecule is CC1CCC(Cn2c(CCl)nc3cc(I)c(F)cc32)C1. The number of imidazole rings is 1. The smallest absolute Gasteiger partial charge is 0.138 e. The molecule has 0 amide bonds. The topological polar surface area (TPSA) is 17.8 Å². The van der Waals surface area contributed by atoms with Crippen molar-refractivity contribution < 1.29 is 4.39 Å². The molecule has 2 atom stereocenters. The molecule has 0 N–H and O–H groups in total. The van der Waals surface area contributed by atoms with Gasteiger partial charge >= 0.3 is 0 Å². The van der Waals surface area contributed by atoms with Crippen molar-refractivity contribution in [3.63, 3.8) is 0 Å². The van der Waals surface area contributed by atoms with E-state index < -0.39 is 0 Å². The summed E-state index contributed by atoms with van der Waals surface area (Å²) in [5.41, 5.74) is 1.72. The zero-order chi connectivity index (χ0) is 14.3. The van der Waals surface area contributed by atoms with E-state index in [1.807, 2.05) is 22.6 Å². The number of alkyl halides is 1. The Labute approximate surface area is 136 Å². The minimum Gasteiger partial charge on any atom is -0.327 e. The van der Waals surface area contributed by atoms with Gasteiger partial charge in [0.2, 0.25) is 0 Å². The fourth-order valence-electron chi connectivity index (χ4n) is 3.22. The summed E-state index contributed by atoms with van der Waals surface area (Å²) in [5, 5.41) is 0. The highest BCUT2D eigenvalue weighted by Gasteiger charge is 2.23. The number of hydrogen-bond donors (Lipinski definition) is 0. The van der Waals surface area contributed by atoms with Gasteiger partial charge in [0.15, 0.2) is 0 Å². The zero-order valence-electron chi connectivity index (χ0n) is 11.4. The van der Waals surface area contributed by atoms with Crippen molar-refractivity contribution in [2.24, 2.45) is 11.8 Å². The average molecular weight is 407 g/mol. The van der Waals surface area contributed by atoms with Gasteiger partial charge < -0.3 is 4.57 Å². The Bertz CT molecular complexity index is 640. The van der Waals surface area contributed by atoms with Crippen molar-refractivity contribution in [2.45, 2.75) is 38.6 Å². The third-order valence-electron chi connectivity index (χ3n) is 4.23. The predicted octanol–water partition coefficient (Wildman–Crippen LogP) is 4.96. The fraction of sp³-hybridized carbons (Fsp3) is 0.533. The molecule has 2 unspecified atom stereocenters. The van der Waals surface area contributed by atoms with Gasteiger partial charge in [-0.1, -0.05) is 13.3 Å². The van der Waals surface area contributed by atoms with Crippen molar-refractivity contribution in [1.29, 1.82) is 0 Å². The lowest BCUT2D eigenvalue weighted by Gasteiger charge is -2.14. The number of fused-ring (bicyclic) bond motifs is 1. The summed E-state index contributed by atoms with van der Waals surface area (Å²) in [7, 11) is 0. The van der Waals surface area contributed by atoms with Crippen molar-refractivity contribution >= 4 is 45.2 Å². The Kier molecular flexibility index (Phi) is 4.22. The maximum absolute atomic E-state index is 13.8. The molecule has 3 rings (SSSR count). The molecule has 0 saturated heterocycles. The number of nitrogens with zero attached hydrogens (tertiary/aromatic N) is 2. The molecule has 1 aromatic heterocycles. The molecule has 0 spiro atoms. The summed E-state index contributed by atoms with van der Waals surface area (Å²) >= 11 is 8.02. The molecule has 0 aliphatic heterocycles. The van der Waals surface area contributed by atoms with Crippen LogP contribution in [0.3, 0.4) is 0 Å². The quantitative estimate of drug-likeness (QED) is 0.521. The van der Waals surface area contributed by atoms with Crippen molar-refractivity contribution in [2.75, 3.05) is 0 Å². The van der Waals surface area contributed by atoms with E-state index in [1.165, 1.54) is 19.3 Å². The highest BCUT2D eigenvalue weighted by Crippen LogP contribution is 2.33. The molecule has 0 radical (unpaired) electrons. The van der Waals surface area contributed by atoms with Crippen LogP contribution in [0.5, 0.6) is 0 Å². The van der Waals surface area contributed by atoms with Gasteiger partial charge in [-0.05, 0) is 53.3 Å². The standard InChI is InChI=1S/C15H17ClFIN2/c1-9-2-3-10(4-9)8-20-14-5-11(17)12(18)6-13(14)19-15(20)7-16/h5-6,9-10H,2-4,7-8H2,1H3. The molecule has 1 fully saturated rings. The van der Waals surface area contributed by atoms with Crippen LogP contribution in [0.1, 0.15) is 32.0 Å². The summed E-state index contributed by atoms with van der Waals surface area (Å²) < 4.78 is 16.6. The first kappa shape index (κ1) is 14.6. The summed E-state index contributed by atoms with van der Waals surface area (Å²) in [5.74, 6) is 2.50. The van der Waals surface area contributed by atoms with Crippen LogP contribution < -0.4 is 0 Å². The number of rotatable bonds is 3. The molecule has 1 aliphatic carbocycles. The first-order valence-corrected chi connectivity index (χ1v) is 8.60. The summed E-state index contributed by atoms with van der Waals surface area (Å²) in [6.45, 7) is 3.21. The Hall–Kier alpha value is -0.360. The van der Waals surface area contributed by atoms with Crippen LogP contribution in [-0.4, -0.2) is 9.55 Å². The molecule has 1 aliphatic rings. The molecule has 1 saturated carbocycles. The molecule has 2 nitrogen and oxygen atoms in total. The van der Waals surface area contributed by atoms with E-state index in [2.05, 4.69) is 16.5 Å². The second-order valence-corrected chi connectivity index (χ2v) is 7.24. The van der Waals surface area contributed by atoms with Crippen LogP contribution in [0.25, 0.3) is 11.0 Å². The first-order chi connectivity index (χ1) is 9.58. The normalized spacial score (nSPS) is 22.8. The third kappa shape index (κ3) is 2.69. The fourth-order valence-corrected chi connectivity index (χ4v) is 3.88. The van der Waals surface area contributed by atoms with Crippen molar-refractivity contribution in [3.05, 3.63) is 27.3 Å². The third-order valence-corrected chi connectivity index (χ3v) is 5.30. The summed E-state index contributed by atoms with van der Waals surface area (Å²) in [6, 6.07) is 3.40. The Balaban J connectivity index is 2.01. The van der Waals surface area contributed by atoms with E-state index in [1.54, 1.807) is 12.1 Å². The van der Waals surface area contributed by atoms with Crippen LogP contribution in [0.15, 0.2) is 12.1 Å². The van der Waals surface area contributed by atoms with E-state index in [0.717, 1.165) is 29.3 Å². The van der Waals surface area contributed by atoms with Gasteiger partial charge in [-0.25, -0.2) is 9.37 Å². The highest BCUT2D eigenvalue weighted by molar-refractivity contribution is 14.1. The van der Waals surface area contributed by atoms with E-state index in [-0.39, 0.29) is 5.82 Å². The maximum atomic E-state index is 13.8. The zero-order valence-corrected chi connectivity index (χ0v) is 14.3. The Morgan fingerprint density at radius 2 is 2.25 bits per heavy atom. The number of benzene rings is 1. The number of aromatic nitrogens is 2. The minimum absolute atomic E-state index is 0.180. The Morgan fingerprint density at radius 1 is 1.45 bits per heavy atom. The minimum atomic E-state index is -0.180. The first-order valence-electron chi connectivity index (χ1n) is 6.98. The molecule has 2 aromatic rings. The van der Waals surface area contributed by atoms with E-state index >= 15 is 0 Å². The lowest BCUT2D eigenvalue weighted by molar-refractivity contribution is 0.441. The van der Waals surface area contributed by atoms with Crippen LogP contribution in [-0.2, 0) is 12.4 Å². The van der Waals surface area contributed by atoms with Gasteiger partial charge in [0.1, 0.15) is 11.6 Å². The average Bonchev–Trinajstić information content (AvgIpc) is 2.96. The van der Waals surface area contributed by atoms with Crippen LogP contribution in [0.2, 0.25) is 0 Å². The molecule has 5 heteroatoms. The van der Waals surface area contributed by atoms with Gasteiger partial charge in [-0.3, -0.25) is 0 Å². The molecule has 20 heavy (non-hydrogen) atoms.